The summed E-state index contributed by atoms with van der Waals surface area (Å²) in [5.41, 5.74) is 6.39. The van der Waals surface area contributed by atoms with Crippen molar-refractivity contribution in [2.75, 3.05) is 18.8 Å². The molecule has 1 aliphatic heterocycles. The second-order valence-electron chi connectivity index (χ2n) is 7.80. The molecule has 2 aromatic rings. The quantitative estimate of drug-likeness (QED) is 0.833. The number of aromatic nitrogens is 2. The van der Waals surface area contributed by atoms with Crippen molar-refractivity contribution in [1.82, 2.24) is 15.1 Å². The average Bonchev–Trinajstić information content (AvgIpc) is 2.63. The number of para-hydroxylation sites is 1. The van der Waals surface area contributed by atoms with Gasteiger partial charge in [-0.15, -0.1) is 10.2 Å². The summed E-state index contributed by atoms with van der Waals surface area (Å²) in [5, 5.41) is 18.0. The predicted molar refractivity (Wildman–Crippen MR) is 105 cm³/mol. The van der Waals surface area contributed by atoms with E-state index in [1.165, 1.54) is 0 Å². The summed E-state index contributed by atoms with van der Waals surface area (Å²) in [4.78, 5) is 14.0. The Morgan fingerprint density at radius 3 is 2.75 bits per heavy atom. The van der Waals surface area contributed by atoms with Crippen molar-refractivity contribution < 1.29 is 19.4 Å². The van der Waals surface area contributed by atoms with Crippen LogP contribution < -0.4 is 10.5 Å². The summed E-state index contributed by atoms with van der Waals surface area (Å²) in [6.45, 7) is 6.55. The Balaban J connectivity index is 1.73. The number of aromatic hydroxyl groups is 1. The number of nitrogens with two attached hydrogens (primary N) is 1. The van der Waals surface area contributed by atoms with Crippen molar-refractivity contribution in [3.63, 3.8) is 0 Å². The Bertz CT molecular complexity index is 850. The first-order chi connectivity index (χ1) is 13.2. The van der Waals surface area contributed by atoms with E-state index in [2.05, 4.69) is 10.2 Å². The van der Waals surface area contributed by atoms with Crippen molar-refractivity contribution in [2.45, 2.75) is 45.3 Å². The number of nitrogens with zero attached hydrogens (tertiary/aromatic N) is 3. The van der Waals surface area contributed by atoms with E-state index in [-0.39, 0.29) is 23.8 Å². The number of piperidine rings is 1. The largest absolute Gasteiger partial charge is 0.507 e. The molecule has 1 atom stereocenters. The van der Waals surface area contributed by atoms with Gasteiger partial charge >= 0.3 is 6.09 Å². The second-order valence-corrected chi connectivity index (χ2v) is 7.80. The molecule has 3 rings (SSSR count). The molecule has 150 valence electrons. The zero-order valence-electron chi connectivity index (χ0n) is 16.4. The minimum absolute atomic E-state index is 0.0984. The summed E-state index contributed by atoms with van der Waals surface area (Å²) in [5.74, 6) is 0.638. The molecule has 1 aromatic heterocycles. The number of carbonyl (C=O) groups is 1. The van der Waals surface area contributed by atoms with Crippen LogP contribution >= 0.6 is 0 Å². The third-order valence-electron chi connectivity index (χ3n) is 4.29. The molecule has 28 heavy (non-hydrogen) atoms. The zero-order chi connectivity index (χ0) is 20.3. The van der Waals surface area contributed by atoms with Gasteiger partial charge in [-0.2, -0.15) is 0 Å². The van der Waals surface area contributed by atoms with Crippen LogP contribution in [0.2, 0.25) is 0 Å². The van der Waals surface area contributed by atoms with Gasteiger partial charge < -0.3 is 25.2 Å². The fraction of sp³-hybridized carbons (Fsp3) is 0.450. The van der Waals surface area contributed by atoms with Crippen LogP contribution in [0.15, 0.2) is 30.3 Å². The molecular formula is C20H26N4O4. The van der Waals surface area contributed by atoms with Gasteiger partial charge in [0.2, 0.25) is 0 Å². The number of phenols is 1. The van der Waals surface area contributed by atoms with Crippen LogP contribution in [0.5, 0.6) is 11.5 Å². The molecule has 1 amide bonds. The Morgan fingerprint density at radius 1 is 1.29 bits per heavy atom. The van der Waals surface area contributed by atoms with E-state index in [1.807, 2.05) is 20.8 Å². The first-order valence-corrected chi connectivity index (χ1v) is 9.29. The lowest BCUT2D eigenvalue weighted by molar-refractivity contribution is 0.00781. The molecule has 8 nitrogen and oxygen atoms in total. The van der Waals surface area contributed by atoms with Crippen molar-refractivity contribution in [2.24, 2.45) is 0 Å². The summed E-state index contributed by atoms with van der Waals surface area (Å²) < 4.78 is 11.5. The van der Waals surface area contributed by atoms with Crippen molar-refractivity contribution in [3.05, 3.63) is 30.3 Å². The first kappa shape index (κ1) is 19.7. The number of anilines is 1. The van der Waals surface area contributed by atoms with Gasteiger partial charge in [0.25, 0.3) is 0 Å². The molecule has 0 saturated carbocycles. The number of ether oxygens (including phenoxy) is 2. The third-order valence-corrected chi connectivity index (χ3v) is 4.29. The van der Waals surface area contributed by atoms with E-state index in [1.54, 1.807) is 35.2 Å². The van der Waals surface area contributed by atoms with Crippen molar-refractivity contribution in [3.8, 4) is 22.8 Å². The van der Waals surface area contributed by atoms with E-state index in [0.29, 0.717) is 30.1 Å². The summed E-state index contributed by atoms with van der Waals surface area (Å²) in [6, 6.07) is 8.50. The molecule has 0 bridgehead atoms. The second kappa shape index (κ2) is 7.92. The molecule has 1 aliphatic rings. The molecule has 1 fully saturated rings. The number of hydrogen-bond acceptors (Lipinski definition) is 7. The molecule has 2 heterocycles. The monoisotopic (exact) mass is 386 g/mol. The van der Waals surface area contributed by atoms with Gasteiger partial charge in [-0.05, 0) is 45.7 Å². The van der Waals surface area contributed by atoms with E-state index in [0.717, 1.165) is 12.8 Å². The molecule has 8 heteroatoms. The number of likely N-dealkylation sites (tertiary alicyclic amines) is 1. The molecule has 3 N–H and O–H groups in total. The molecule has 1 unspecified atom stereocenters. The lowest BCUT2D eigenvalue weighted by Gasteiger charge is -2.34. The van der Waals surface area contributed by atoms with Crippen molar-refractivity contribution in [1.29, 1.82) is 0 Å². The highest BCUT2D eigenvalue weighted by atomic mass is 16.6. The zero-order valence-corrected chi connectivity index (χ0v) is 16.4. The average molecular weight is 386 g/mol. The Morgan fingerprint density at radius 2 is 2.04 bits per heavy atom. The van der Waals surface area contributed by atoms with Gasteiger partial charge in [0, 0.05) is 18.2 Å². The van der Waals surface area contributed by atoms with Gasteiger partial charge in [-0.3, -0.25) is 0 Å². The van der Waals surface area contributed by atoms with Crippen LogP contribution in [0, 0.1) is 0 Å². The Kier molecular flexibility index (Phi) is 5.58. The fourth-order valence-electron chi connectivity index (χ4n) is 3.01. The summed E-state index contributed by atoms with van der Waals surface area (Å²) in [6.07, 6.45) is 1.00. The highest BCUT2D eigenvalue weighted by Crippen LogP contribution is 2.31. The van der Waals surface area contributed by atoms with E-state index in [9.17, 15) is 9.90 Å². The fourth-order valence-corrected chi connectivity index (χ4v) is 3.01. The lowest BCUT2D eigenvalue weighted by atomic mass is 10.1. The molecular weight excluding hydrogens is 360 g/mol. The van der Waals surface area contributed by atoms with Crippen LogP contribution in [0.4, 0.5) is 10.6 Å². The maximum atomic E-state index is 12.3. The van der Waals surface area contributed by atoms with E-state index < -0.39 is 5.60 Å². The van der Waals surface area contributed by atoms with Crippen molar-refractivity contribution >= 4 is 11.9 Å². The van der Waals surface area contributed by atoms with Crippen LogP contribution in [0.1, 0.15) is 33.6 Å². The van der Waals surface area contributed by atoms with Crippen LogP contribution in [0.3, 0.4) is 0 Å². The minimum Gasteiger partial charge on any atom is -0.507 e. The number of phenolic OH excluding ortho intramolecular Hbond substituents is 1. The number of carbonyl (C=O) groups excluding carboxylic acids is 1. The lowest BCUT2D eigenvalue weighted by Crippen LogP contribution is -2.46. The predicted octanol–water partition coefficient (Wildman–Crippen LogP) is 3.21. The summed E-state index contributed by atoms with van der Waals surface area (Å²) in [7, 11) is 0. The van der Waals surface area contributed by atoms with Crippen LogP contribution in [0.25, 0.3) is 11.3 Å². The van der Waals surface area contributed by atoms with Crippen LogP contribution in [-0.4, -0.2) is 51.1 Å². The Labute approximate surface area is 164 Å². The van der Waals surface area contributed by atoms with Gasteiger partial charge in [0.15, 0.2) is 11.6 Å². The molecule has 1 aromatic carbocycles. The highest BCUT2D eigenvalue weighted by Gasteiger charge is 2.29. The number of benzene rings is 1. The first-order valence-electron chi connectivity index (χ1n) is 9.29. The van der Waals surface area contributed by atoms with Gasteiger partial charge in [0.05, 0.1) is 6.54 Å². The number of amides is 1. The smallest absolute Gasteiger partial charge is 0.410 e. The summed E-state index contributed by atoms with van der Waals surface area (Å²) >= 11 is 0. The van der Waals surface area contributed by atoms with Gasteiger partial charge in [-0.25, -0.2) is 4.79 Å². The minimum atomic E-state index is -0.545. The van der Waals surface area contributed by atoms with Gasteiger partial charge in [0.1, 0.15) is 23.1 Å². The topological polar surface area (TPSA) is 111 Å². The maximum Gasteiger partial charge on any atom is 0.410 e. The Hall–Kier alpha value is -3.03. The van der Waals surface area contributed by atoms with Crippen LogP contribution in [-0.2, 0) is 4.74 Å². The van der Waals surface area contributed by atoms with E-state index >= 15 is 0 Å². The number of nitrogen functional groups attached to an aromatic ring is 1. The molecule has 0 aliphatic carbocycles. The third kappa shape index (κ3) is 4.82. The standard InChI is InChI=1S/C20H26N4O4/c1-20(2,3)28-19(26)24-10-6-7-13(12-24)27-17-11-15(22-23-18(17)21)14-8-4-5-9-16(14)25/h4-5,8-9,11,13,25H,6-7,10,12H2,1-3H3,(H2,21,23). The normalized spacial score (nSPS) is 17.2. The van der Waals surface area contributed by atoms with Gasteiger partial charge in [-0.1, -0.05) is 12.1 Å². The van der Waals surface area contributed by atoms with E-state index in [4.69, 9.17) is 15.2 Å². The maximum absolute atomic E-state index is 12.3. The number of rotatable bonds is 3. The SMILES string of the molecule is CC(C)(C)OC(=O)N1CCCC(Oc2cc(-c3ccccc3O)nnc2N)C1. The highest BCUT2D eigenvalue weighted by molar-refractivity contribution is 5.69. The molecule has 1 saturated heterocycles. The molecule has 0 radical (unpaired) electrons. The molecule has 0 spiro atoms. The number of hydrogen-bond donors (Lipinski definition) is 2.